The molecule has 2 aromatic heterocycles. The highest BCUT2D eigenvalue weighted by molar-refractivity contribution is 6.32. The van der Waals surface area contributed by atoms with E-state index in [4.69, 9.17) is 21.1 Å². The van der Waals surface area contributed by atoms with Gasteiger partial charge in [-0.05, 0) is 55.4 Å². The molecule has 0 unspecified atom stereocenters. The first-order chi connectivity index (χ1) is 17.4. The summed E-state index contributed by atoms with van der Waals surface area (Å²) in [4.78, 5) is 26.6. The van der Waals surface area contributed by atoms with Gasteiger partial charge in [0.2, 0.25) is 11.8 Å². The fourth-order valence-electron chi connectivity index (χ4n) is 5.00. The molecule has 3 fully saturated rings. The third-order valence-electron chi connectivity index (χ3n) is 7.25. The van der Waals surface area contributed by atoms with Crippen LogP contribution in [0.1, 0.15) is 32.1 Å². The van der Waals surface area contributed by atoms with Crippen LogP contribution in [0.25, 0.3) is 11.0 Å². The summed E-state index contributed by atoms with van der Waals surface area (Å²) in [6.07, 6.45) is 7.83. The Morgan fingerprint density at radius 2 is 2.03 bits per heavy atom. The average Bonchev–Trinajstić information content (AvgIpc) is 3.53. The molecule has 3 aliphatic rings. The summed E-state index contributed by atoms with van der Waals surface area (Å²) < 4.78 is 27.1. The number of carbonyl (C=O) groups excluding carboxylic acids is 1. The maximum Gasteiger partial charge on any atom is 0.246 e. The molecule has 1 amide bonds. The Morgan fingerprint density at radius 1 is 1.19 bits per heavy atom. The molecule has 1 aromatic carbocycles. The molecule has 186 valence electrons. The number of carbonyl (C=O) groups is 1. The number of benzene rings is 1. The number of pyridine rings is 1. The van der Waals surface area contributed by atoms with Crippen LogP contribution in [0.15, 0.2) is 43.2 Å². The van der Waals surface area contributed by atoms with E-state index < -0.39 is 5.82 Å². The Balaban J connectivity index is 1.19. The number of likely N-dealkylation sites (tertiary alicyclic amines) is 1. The van der Waals surface area contributed by atoms with Crippen molar-refractivity contribution < 1.29 is 18.7 Å². The van der Waals surface area contributed by atoms with Crippen molar-refractivity contribution in [3.63, 3.8) is 0 Å². The quantitative estimate of drug-likeness (QED) is 0.446. The highest BCUT2D eigenvalue weighted by atomic mass is 35.5. The lowest BCUT2D eigenvalue weighted by molar-refractivity contribution is -0.125. The van der Waals surface area contributed by atoms with E-state index in [0.717, 1.165) is 12.8 Å². The molecular formula is C26H25ClFN5O3. The van der Waals surface area contributed by atoms with Gasteiger partial charge in [0.1, 0.15) is 28.7 Å². The fourth-order valence-corrected chi connectivity index (χ4v) is 5.21. The van der Waals surface area contributed by atoms with Crippen LogP contribution >= 0.6 is 11.6 Å². The number of fused-ring (bicyclic) bond motifs is 1. The smallest absolute Gasteiger partial charge is 0.246 e. The summed E-state index contributed by atoms with van der Waals surface area (Å²) in [7, 11) is 0. The monoisotopic (exact) mass is 509 g/mol. The second-order valence-corrected chi connectivity index (χ2v) is 10.1. The lowest BCUT2D eigenvalue weighted by atomic mass is 9.79. The molecule has 3 aromatic rings. The number of aromatic nitrogens is 3. The zero-order valence-corrected chi connectivity index (χ0v) is 20.3. The van der Waals surface area contributed by atoms with Crippen LogP contribution in [0.4, 0.5) is 15.9 Å². The van der Waals surface area contributed by atoms with Crippen molar-refractivity contribution in [3.8, 4) is 11.6 Å². The summed E-state index contributed by atoms with van der Waals surface area (Å²) in [5.74, 6) is 0.297. The summed E-state index contributed by atoms with van der Waals surface area (Å²) >= 11 is 6.32. The van der Waals surface area contributed by atoms with Crippen LogP contribution in [0.3, 0.4) is 0 Å². The fraction of sp³-hybridized carbons (Fsp3) is 0.385. The minimum absolute atomic E-state index is 0.0630. The van der Waals surface area contributed by atoms with E-state index >= 15 is 4.39 Å². The number of hydrogen-bond acceptors (Lipinski definition) is 7. The minimum Gasteiger partial charge on any atom is -0.489 e. The van der Waals surface area contributed by atoms with Gasteiger partial charge in [-0.25, -0.2) is 19.3 Å². The molecule has 10 heteroatoms. The predicted octanol–water partition coefficient (Wildman–Crippen LogP) is 5.05. The van der Waals surface area contributed by atoms with E-state index in [0.29, 0.717) is 53.4 Å². The number of hydrogen-bond donors (Lipinski definition) is 1. The molecule has 8 nitrogen and oxygen atoms in total. The molecule has 3 heterocycles. The molecular weight excluding hydrogens is 485 g/mol. The van der Waals surface area contributed by atoms with Gasteiger partial charge in [0.05, 0.1) is 23.9 Å². The van der Waals surface area contributed by atoms with Gasteiger partial charge in [0, 0.05) is 19.0 Å². The summed E-state index contributed by atoms with van der Waals surface area (Å²) in [6, 6.07) is 6.73. The molecule has 1 saturated heterocycles. The van der Waals surface area contributed by atoms with Crippen molar-refractivity contribution in [1.29, 1.82) is 0 Å². The molecule has 1 N–H and O–H groups in total. The Kier molecular flexibility index (Phi) is 5.67. The van der Waals surface area contributed by atoms with E-state index in [-0.39, 0.29) is 28.8 Å². The maximum absolute atomic E-state index is 15.2. The van der Waals surface area contributed by atoms with Crippen LogP contribution in [0, 0.1) is 11.2 Å². The van der Waals surface area contributed by atoms with Gasteiger partial charge in [-0.1, -0.05) is 18.2 Å². The molecule has 2 saturated carbocycles. The highest BCUT2D eigenvalue weighted by Gasteiger charge is 2.54. The zero-order valence-electron chi connectivity index (χ0n) is 19.5. The maximum atomic E-state index is 15.2. The van der Waals surface area contributed by atoms with Crippen LogP contribution in [-0.2, 0) is 4.79 Å². The van der Waals surface area contributed by atoms with Crippen LogP contribution in [-0.4, -0.2) is 51.1 Å². The Hall–Kier alpha value is -3.46. The van der Waals surface area contributed by atoms with Crippen molar-refractivity contribution in [3.05, 3.63) is 54.1 Å². The third kappa shape index (κ3) is 4.32. The van der Waals surface area contributed by atoms with Crippen LogP contribution < -0.4 is 14.8 Å². The molecule has 1 aliphatic heterocycles. The van der Waals surface area contributed by atoms with Gasteiger partial charge < -0.3 is 19.7 Å². The van der Waals surface area contributed by atoms with Crippen LogP contribution in [0.2, 0.25) is 5.02 Å². The van der Waals surface area contributed by atoms with Gasteiger partial charge in [-0.15, -0.1) is 0 Å². The van der Waals surface area contributed by atoms with Crippen molar-refractivity contribution >= 4 is 40.0 Å². The highest BCUT2D eigenvalue weighted by Crippen LogP contribution is 2.61. The number of halogens is 2. The zero-order chi connectivity index (χ0) is 24.9. The Morgan fingerprint density at radius 3 is 2.81 bits per heavy atom. The van der Waals surface area contributed by atoms with Gasteiger partial charge in [0.25, 0.3) is 0 Å². The van der Waals surface area contributed by atoms with Gasteiger partial charge in [-0.3, -0.25) is 4.79 Å². The summed E-state index contributed by atoms with van der Waals surface area (Å²) in [5, 5.41) is 2.93. The third-order valence-corrected chi connectivity index (χ3v) is 7.60. The van der Waals surface area contributed by atoms with Crippen molar-refractivity contribution in [1.82, 2.24) is 19.9 Å². The second kappa shape index (κ2) is 8.89. The summed E-state index contributed by atoms with van der Waals surface area (Å²) in [6.45, 7) is 4.58. The van der Waals surface area contributed by atoms with Crippen LogP contribution in [0.5, 0.6) is 11.6 Å². The van der Waals surface area contributed by atoms with Crippen molar-refractivity contribution in [2.75, 3.05) is 18.4 Å². The van der Waals surface area contributed by atoms with E-state index in [1.54, 1.807) is 29.2 Å². The van der Waals surface area contributed by atoms with Crippen molar-refractivity contribution in [2.45, 2.75) is 44.3 Å². The lowest BCUT2D eigenvalue weighted by Gasteiger charge is -2.36. The number of anilines is 2. The molecule has 1 atom stereocenters. The molecule has 6 rings (SSSR count). The molecule has 1 spiro atoms. The Bertz CT molecular complexity index is 1360. The van der Waals surface area contributed by atoms with E-state index in [9.17, 15) is 4.79 Å². The second-order valence-electron chi connectivity index (χ2n) is 9.77. The lowest BCUT2D eigenvalue weighted by Crippen LogP contribution is -2.35. The predicted molar refractivity (Wildman–Crippen MR) is 133 cm³/mol. The largest absolute Gasteiger partial charge is 0.489 e. The van der Waals surface area contributed by atoms with Crippen molar-refractivity contribution in [2.24, 2.45) is 5.41 Å². The normalized spacial score (nSPS) is 20.3. The van der Waals surface area contributed by atoms with E-state index in [2.05, 4.69) is 26.8 Å². The number of ether oxygens (including phenoxy) is 2. The van der Waals surface area contributed by atoms with Gasteiger partial charge in [0.15, 0.2) is 11.6 Å². The number of nitrogens with one attached hydrogen (secondary N) is 1. The molecule has 2 aliphatic carbocycles. The van der Waals surface area contributed by atoms with Gasteiger partial charge >= 0.3 is 0 Å². The first-order valence-corrected chi connectivity index (χ1v) is 12.4. The first kappa shape index (κ1) is 23.0. The number of nitrogens with zero attached hydrogens (tertiary/aromatic N) is 4. The summed E-state index contributed by atoms with van der Waals surface area (Å²) in [5.41, 5.74) is 1.63. The molecule has 36 heavy (non-hydrogen) atoms. The minimum atomic E-state index is -0.619. The van der Waals surface area contributed by atoms with E-state index in [1.807, 2.05) is 0 Å². The Labute approximate surface area is 212 Å². The molecule has 0 bridgehead atoms. The molecule has 0 radical (unpaired) electrons. The average molecular weight is 510 g/mol. The number of amides is 1. The van der Waals surface area contributed by atoms with E-state index in [1.165, 1.54) is 25.2 Å². The standard InChI is InChI=1S/C26H25ClFN5O3/c1-2-21(34)33-10-7-15(13-33)36-20-6-4-18-24(32-20)25(30-14-29-18)31-17-3-5-19(22(27)23(17)28)35-16-11-26(12-16)8-9-26/h2-6,14-16H,1,7-13H2,(H,29,30,31)/t15-/m0/s1. The topological polar surface area (TPSA) is 89.5 Å². The number of rotatable bonds is 7. The van der Waals surface area contributed by atoms with Gasteiger partial charge in [-0.2, -0.15) is 0 Å². The first-order valence-electron chi connectivity index (χ1n) is 12.0. The SMILES string of the molecule is C=CC(=O)N1CC[C@H](Oc2ccc3ncnc(Nc4ccc(OC5CC6(CC6)C5)c(Cl)c4F)c3n2)C1.